The summed E-state index contributed by atoms with van der Waals surface area (Å²) < 4.78 is 9.65. The Morgan fingerprint density at radius 1 is 0.127 bits per heavy atom. The van der Waals surface area contributed by atoms with E-state index < -0.39 is 0 Å². The van der Waals surface area contributed by atoms with Gasteiger partial charge in [0, 0.05) is 65.5 Å². The van der Waals surface area contributed by atoms with E-state index in [0.29, 0.717) is 0 Å². The second kappa shape index (κ2) is 24.2. The molecule has 0 fully saturated rings. The van der Waals surface area contributed by atoms with E-state index in [4.69, 9.17) is 0 Å². The van der Waals surface area contributed by atoms with Gasteiger partial charge < -0.3 is 18.3 Å². The average molecular weight is 1300 g/mol. The third kappa shape index (κ3) is 9.75. The minimum Gasteiger partial charge on any atom is -0.309 e. The maximum atomic E-state index is 2.46. The van der Waals surface area contributed by atoms with Gasteiger partial charge in [0.15, 0.2) is 0 Å². The lowest BCUT2D eigenvalue weighted by Crippen LogP contribution is -1.96. The maximum Gasteiger partial charge on any atom is 0.0546 e. The average Bonchev–Trinajstić information content (AvgIpc) is 1.60. The normalized spacial score (nSPS) is 11.7. The van der Waals surface area contributed by atoms with Gasteiger partial charge in [-0.05, 0) is 187 Å². The predicted molar refractivity (Wildman–Crippen MR) is 432 cm³/mol. The van der Waals surface area contributed by atoms with Crippen molar-refractivity contribution in [2.24, 2.45) is 0 Å². The summed E-state index contributed by atoms with van der Waals surface area (Å²) in [4.78, 5) is 0. The standard InChI is InChI=1S/C50H32N2.C48H32N2/c1-2-12-33(13-3-1)34-22-26-38(27-23-34)51-46-20-10-8-18-42(46)44-30-35(24-28-48(44)51)36-25-29-49-45(31-36)43-19-9-11-21-47(43)52(49)50-32-37-14-4-5-15-39(37)40-16-6-7-17-41(40)50;1-3-12-33(13-4-1)35-22-26-39(27-23-35)49-45-20-9-7-18-41(45)43-31-37(24-28-47(43)49)38-25-29-48-44(32-38)42-19-8-10-21-46(42)50(48)40-17-11-16-36(30-40)34-14-5-2-6-15-34/h1-32H;1-32H. The third-order valence-corrected chi connectivity index (χ3v) is 21.0. The molecular weight excluding hydrogens is 1230 g/mol. The summed E-state index contributed by atoms with van der Waals surface area (Å²) in [7, 11) is 0. The number of rotatable bonds is 9. The molecule has 4 heterocycles. The molecule has 102 heavy (non-hydrogen) atoms. The van der Waals surface area contributed by atoms with Gasteiger partial charge in [-0.2, -0.15) is 0 Å². The molecule has 4 aromatic heterocycles. The predicted octanol–water partition coefficient (Wildman–Crippen LogP) is 26.4. The summed E-state index contributed by atoms with van der Waals surface area (Å²) in [6.07, 6.45) is 0. The Morgan fingerprint density at radius 2 is 0.402 bits per heavy atom. The molecular formula is C98H64N4. The Labute approximate surface area is 590 Å². The van der Waals surface area contributed by atoms with Crippen LogP contribution in [0.5, 0.6) is 0 Å². The Morgan fingerprint density at radius 3 is 0.824 bits per heavy atom. The lowest BCUT2D eigenvalue weighted by molar-refractivity contribution is 1.18. The summed E-state index contributed by atoms with van der Waals surface area (Å²) in [5.41, 5.74) is 26.6. The SMILES string of the molecule is c1ccc(-c2ccc(-n3c4ccccc4c4cc(-c5ccc6c(c5)c5ccccc5n6-c5cc6ccccc6c6ccccc56)ccc43)cc2)cc1.c1ccc(-c2ccc(-n3c4ccccc4c4cc(-c5ccc6c(c5)c5ccccc5n6-c5cccc(-c6ccccc6)c5)ccc43)cc2)cc1. The Balaban J connectivity index is 0.000000137. The van der Waals surface area contributed by atoms with Crippen LogP contribution in [0.2, 0.25) is 0 Å². The van der Waals surface area contributed by atoms with Crippen LogP contribution in [0.4, 0.5) is 0 Å². The van der Waals surface area contributed by atoms with Gasteiger partial charge in [-0.3, -0.25) is 0 Å². The van der Waals surface area contributed by atoms with E-state index in [1.165, 1.54) is 170 Å². The quantitative estimate of drug-likeness (QED) is 0.128. The van der Waals surface area contributed by atoms with E-state index >= 15 is 0 Å². The van der Waals surface area contributed by atoms with E-state index in [1.54, 1.807) is 0 Å². The molecule has 0 N–H and O–H groups in total. The minimum atomic E-state index is 1.16. The topological polar surface area (TPSA) is 19.7 Å². The summed E-state index contributed by atoms with van der Waals surface area (Å²) in [5, 5.41) is 15.1. The van der Waals surface area contributed by atoms with E-state index in [2.05, 4.69) is 407 Å². The van der Waals surface area contributed by atoms with E-state index in [0.717, 1.165) is 17.1 Å². The third-order valence-electron chi connectivity index (χ3n) is 21.0. The van der Waals surface area contributed by atoms with Crippen LogP contribution in [0.25, 0.3) is 187 Å². The van der Waals surface area contributed by atoms with Gasteiger partial charge in [0.1, 0.15) is 0 Å². The minimum absolute atomic E-state index is 1.16. The fraction of sp³-hybridized carbons (Fsp3) is 0. The maximum absolute atomic E-state index is 2.46. The molecule has 4 nitrogen and oxygen atoms in total. The zero-order valence-corrected chi connectivity index (χ0v) is 55.7. The molecule has 476 valence electrons. The van der Waals surface area contributed by atoms with Gasteiger partial charge >= 0.3 is 0 Å². The molecule has 0 saturated carbocycles. The molecule has 0 spiro atoms. The van der Waals surface area contributed by atoms with Gasteiger partial charge in [-0.25, -0.2) is 0 Å². The summed E-state index contributed by atoms with van der Waals surface area (Å²) in [6.45, 7) is 0. The second-order valence-corrected chi connectivity index (χ2v) is 26.7. The van der Waals surface area contributed by atoms with Crippen LogP contribution in [0.15, 0.2) is 388 Å². The van der Waals surface area contributed by atoms with E-state index in [-0.39, 0.29) is 0 Å². The Kier molecular flexibility index (Phi) is 13.9. The molecule has 17 aromatic carbocycles. The number of hydrogen-bond acceptors (Lipinski definition) is 0. The fourth-order valence-electron chi connectivity index (χ4n) is 16.2. The first-order chi connectivity index (χ1) is 50.6. The zero-order valence-electron chi connectivity index (χ0n) is 55.7. The molecule has 21 rings (SSSR count). The number of aromatic nitrogens is 4. The van der Waals surface area contributed by atoms with Gasteiger partial charge in [0.25, 0.3) is 0 Å². The largest absolute Gasteiger partial charge is 0.309 e. The van der Waals surface area contributed by atoms with Crippen LogP contribution in [0.3, 0.4) is 0 Å². The first kappa shape index (κ1) is 58.6. The van der Waals surface area contributed by atoms with E-state index in [9.17, 15) is 0 Å². The first-order valence-electron chi connectivity index (χ1n) is 35.1. The summed E-state index contributed by atoms with van der Waals surface area (Å²) in [6, 6.07) is 141. The summed E-state index contributed by atoms with van der Waals surface area (Å²) >= 11 is 0. The molecule has 0 aliphatic carbocycles. The molecule has 0 atom stereocenters. The van der Waals surface area contributed by atoms with Crippen molar-refractivity contribution < 1.29 is 0 Å². The van der Waals surface area contributed by atoms with E-state index in [1.807, 2.05) is 0 Å². The van der Waals surface area contributed by atoms with Gasteiger partial charge in [-0.15, -0.1) is 0 Å². The van der Waals surface area contributed by atoms with Crippen LogP contribution < -0.4 is 0 Å². The zero-order chi connectivity index (χ0) is 67.2. The molecule has 0 saturated heterocycles. The molecule has 0 amide bonds. The second-order valence-electron chi connectivity index (χ2n) is 26.7. The Hall–Kier alpha value is -13.5. The first-order valence-corrected chi connectivity index (χ1v) is 35.1. The van der Waals surface area contributed by atoms with Crippen LogP contribution >= 0.6 is 0 Å². The number of fused-ring (bicyclic) bond motifs is 15. The Bertz CT molecular complexity index is 6830. The monoisotopic (exact) mass is 1300 g/mol. The van der Waals surface area contributed by atoms with Gasteiger partial charge in [0.2, 0.25) is 0 Å². The number of hydrogen-bond donors (Lipinski definition) is 0. The van der Waals surface area contributed by atoms with Crippen molar-refractivity contribution >= 4 is 109 Å². The smallest absolute Gasteiger partial charge is 0.0546 e. The van der Waals surface area contributed by atoms with Crippen molar-refractivity contribution in [2.75, 3.05) is 0 Å². The molecule has 0 radical (unpaired) electrons. The van der Waals surface area contributed by atoms with Crippen molar-refractivity contribution in [2.45, 2.75) is 0 Å². The molecule has 0 bridgehead atoms. The lowest BCUT2D eigenvalue weighted by Gasteiger charge is -2.14. The number of benzene rings is 17. The highest BCUT2D eigenvalue weighted by Crippen LogP contribution is 2.43. The highest BCUT2D eigenvalue weighted by atomic mass is 15.0. The molecule has 0 unspecified atom stereocenters. The highest BCUT2D eigenvalue weighted by molar-refractivity contribution is 6.17. The molecule has 21 aromatic rings. The van der Waals surface area contributed by atoms with Gasteiger partial charge in [-0.1, -0.05) is 273 Å². The van der Waals surface area contributed by atoms with Crippen molar-refractivity contribution in [1.82, 2.24) is 18.3 Å². The van der Waals surface area contributed by atoms with Crippen molar-refractivity contribution in [1.29, 1.82) is 0 Å². The lowest BCUT2D eigenvalue weighted by atomic mass is 9.99. The van der Waals surface area contributed by atoms with Crippen LogP contribution in [0, 0.1) is 0 Å². The molecule has 4 heteroatoms. The van der Waals surface area contributed by atoms with Crippen molar-refractivity contribution in [3.63, 3.8) is 0 Å². The van der Waals surface area contributed by atoms with Gasteiger partial charge in [0.05, 0.1) is 49.8 Å². The van der Waals surface area contributed by atoms with Crippen LogP contribution in [-0.4, -0.2) is 18.3 Å². The molecule has 0 aliphatic heterocycles. The highest BCUT2D eigenvalue weighted by Gasteiger charge is 2.21. The molecule has 0 aliphatic rings. The number of para-hydroxylation sites is 4. The van der Waals surface area contributed by atoms with Crippen molar-refractivity contribution in [3.8, 4) is 78.4 Å². The fourth-order valence-corrected chi connectivity index (χ4v) is 16.2. The summed E-state index contributed by atoms with van der Waals surface area (Å²) in [5.74, 6) is 0. The van der Waals surface area contributed by atoms with Crippen LogP contribution in [0.1, 0.15) is 0 Å². The van der Waals surface area contributed by atoms with Crippen LogP contribution in [-0.2, 0) is 0 Å². The number of nitrogens with zero attached hydrogens (tertiary/aromatic N) is 4. The van der Waals surface area contributed by atoms with Crippen molar-refractivity contribution in [3.05, 3.63) is 388 Å².